The summed E-state index contributed by atoms with van der Waals surface area (Å²) in [6, 6.07) is 0. The van der Waals surface area contributed by atoms with Crippen LogP contribution in [-0.2, 0) is 32.7 Å². The first kappa shape index (κ1) is 9.63. The first-order valence-corrected chi connectivity index (χ1v) is 3.51. The number of carbonyl (C=O) groups excluding carboxylic acids is 3. The van der Waals surface area contributed by atoms with Crippen molar-refractivity contribution in [1.82, 2.24) is 0 Å². The van der Waals surface area contributed by atoms with Gasteiger partial charge in [0.2, 0.25) is 0 Å². The van der Waals surface area contributed by atoms with E-state index in [0.717, 1.165) is 0 Å². The molecular weight excluding hydrogens is 223 g/mol. The number of Topliss-reactive ketones (excluding diaryl/α,β-unsaturated/α-hetero) is 2. The Morgan fingerprint density at radius 1 is 1.20 bits per heavy atom. The monoisotopic (exact) mass is 230 g/mol. The van der Waals surface area contributed by atoms with Gasteiger partial charge in [-0.05, 0) is 0 Å². The summed E-state index contributed by atoms with van der Waals surface area (Å²) in [6.07, 6.45) is -0.290. The molecule has 0 N–H and O–H groups in total. The Morgan fingerprint density at radius 3 is 2.00 bits per heavy atom. The fourth-order valence-electron chi connectivity index (χ4n) is 0.486. The molecule has 0 saturated heterocycles. The van der Waals surface area contributed by atoms with Crippen LogP contribution in [0.3, 0.4) is 0 Å². The Morgan fingerprint density at radius 2 is 1.70 bits per heavy atom. The van der Waals surface area contributed by atoms with Gasteiger partial charge in [-0.25, -0.2) is 0 Å². The molecule has 0 aromatic carbocycles. The minimum absolute atomic E-state index is 0.129. The van der Waals surface area contributed by atoms with Gasteiger partial charge in [0.25, 0.3) is 0 Å². The van der Waals surface area contributed by atoms with E-state index in [2.05, 4.69) is 18.3 Å². The molecule has 10 heavy (non-hydrogen) atoms. The Kier molecular flexibility index (Phi) is 4.29. The zero-order valence-corrected chi connectivity index (χ0v) is 7.11. The molecule has 0 saturated carbocycles. The van der Waals surface area contributed by atoms with Crippen molar-refractivity contribution in [2.24, 2.45) is 0 Å². The van der Waals surface area contributed by atoms with Crippen LogP contribution in [0.25, 0.3) is 0 Å². The Balaban J connectivity index is 3.65. The molecule has 0 aromatic heterocycles. The van der Waals surface area contributed by atoms with Gasteiger partial charge in [0.15, 0.2) is 0 Å². The molecule has 0 amide bonds. The first-order chi connectivity index (χ1) is 4.52. The molecule has 0 aliphatic rings. The Bertz CT molecular complexity index is 156. The number of hydrogen-bond donors (Lipinski definition) is 0. The molecule has 0 radical (unpaired) electrons. The van der Waals surface area contributed by atoms with Crippen molar-refractivity contribution >= 4 is 15.9 Å². The molecule has 3 nitrogen and oxygen atoms in total. The Hall–Kier alpha value is -0.367. The fraction of sp³-hybridized carbons (Fsp3) is 0.500. The molecular formula is C6H7O3Rh. The number of carbonyl (C=O) groups is 3. The van der Waals surface area contributed by atoms with Crippen LogP contribution >= 0.6 is 0 Å². The van der Waals surface area contributed by atoms with Crippen LogP contribution in [0.2, 0.25) is 0 Å². The van der Waals surface area contributed by atoms with Crippen molar-refractivity contribution in [3.05, 3.63) is 0 Å². The number of ketones is 2. The summed E-state index contributed by atoms with van der Waals surface area (Å²) in [4.78, 5) is 31.2. The van der Waals surface area contributed by atoms with Gasteiger partial charge in [-0.3, -0.25) is 0 Å². The molecule has 0 bridgehead atoms. The van der Waals surface area contributed by atoms with E-state index in [1.807, 2.05) is 0 Å². The van der Waals surface area contributed by atoms with Crippen LogP contribution in [0, 0.1) is 0 Å². The van der Waals surface area contributed by atoms with Crippen LogP contribution in [-0.4, -0.2) is 15.9 Å². The number of rotatable bonds is 4. The standard InChI is InChI=1S/C6H7O3.Rh/c1-5(8)4-6(9)2-3-7;/h2,4H2,1H3;. The van der Waals surface area contributed by atoms with Crippen molar-refractivity contribution in [2.45, 2.75) is 19.8 Å². The zero-order valence-electron chi connectivity index (χ0n) is 5.47. The van der Waals surface area contributed by atoms with Crippen LogP contribution in [0.1, 0.15) is 19.8 Å². The SMILES string of the molecule is CC(=O)CC(=O)C[C](=O)[Rh]. The van der Waals surface area contributed by atoms with Crippen LogP contribution in [0.5, 0.6) is 0 Å². The van der Waals surface area contributed by atoms with E-state index in [1.54, 1.807) is 0 Å². The fourth-order valence-corrected chi connectivity index (χ4v) is 0.809. The molecule has 0 aliphatic carbocycles. The summed E-state index contributed by atoms with van der Waals surface area (Å²) in [6.45, 7) is 1.32. The molecule has 0 aromatic rings. The molecule has 58 valence electrons. The van der Waals surface area contributed by atoms with Gasteiger partial charge in [0.05, 0.1) is 0 Å². The summed E-state index contributed by atoms with van der Waals surface area (Å²) in [5.74, 6) is -0.520. The third kappa shape index (κ3) is 5.76. The van der Waals surface area contributed by atoms with Crippen molar-refractivity contribution in [3.8, 4) is 0 Å². The molecule has 0 rings (SSSR count). The van der Waals surface area contributed by atoms with Gasteiger partial charge < -0.3 is 0 Å². The van der Waals surface area contributed by atoms with Gasteiger partial charge in [0.1, 0.15) is 0 Å². The molecule has 0 aliphatic heterocycles. The molecule has 0 spiro atoms. The van der Waals surface area contributed by atoms with Crippen molar-refractivity contribution in [3.63, 3.8) is 0 Å². The van der Waals surface area contributed by atoms with Crippen molar-refractivity contribution in [2.75, 3.05) is 0 Å². The van der Waals surface area contributed by atoms with E-state index in [4.69, 9.17) is 0 Å². The minimum atomic E-state index is -0.319. The van der Waals surface area contributed by atoms with Gasteiger partial charge in [-0.15, -0.1) is 0 Å². The zero-order chi connectivity index (χ0) is 8.15. The van der Waals surface area contributed by atoms with Gasteiger partial charge in [-0.1, -0.05) is 0 Å². The molecule has 0 unspecified atom stereocenters. The molecule has 0 heterocycles. The van der Waals surface area contributed by atoms with E-state index < -0.39 is 0 Å². The van der Waals surface area contributed by atoms with E-state index >= 15 is 0 Å². The second-order valence-corrected chi connectivity index (χ2v) is 2.84. The maximum atomic E-state index is 10.6. The summed E-state index contributed by atoms with van der Waals surface area (Å²) >= 11 is 2.07. The van der Waals surface area contributed by atoms with Crippen LogP contribution in [0.4, 0.5) is 0 Å². The summed E-state index contributed by atoms with van der Waals surface area (Å²) < 4.78 is -0.299. The van der Waals surface area contributed by atoms with E-state index in [1.165, 1.54) is 6.92 Å². The van der Waals surface area contributed by atoms with E-state index in [-0.39, 0.29) is 28.8 Å². The van der Waals surface area contributed by atoms with Gasteiger partial charge in [-0.2, -0.15) is 0 Å². The Labute approximate surface area is 68.8 Å². The normalized spacial score (nSPS) is 9.10. The van der Waals surface area contributed by atoms with Gasteiger partial charge >= 0.3 is 68.4 Å². The number of hydrogen-bond acceptors (Lipinski definition) is 3. The van der Waals surface area contributed by atoms with Crippen molar-refractivity contribution in [1.29, 1.82) is 0 Å². The molecule has 0 fully saturated rings. The maximum absolute atomic E-state index is 10.6. The van der Waals surface area contributed by atoms with E-state index in [9.17, 15) is 14.4 Å². The van der Waals surface area contributed by atoms with Crippen LogP contribution < -0.4 is 0 Å². The molecule has 4 heteroatoms. The van der Waals surface area contributed by atoms with Crippen LogP contribution in [0.15, 0.2) is 0 Å². The topological polar surface area (TPSA) is 51.2 Å². The summed E-state index contributed by atoms with van der Waals surface area (Å²) in [5.41, 5.74) is 0. The quantitative estimate of drug-likeness (QED) is 0.504. The average molecular weight is 230 g/mol. The average Bonchev–Trinajstić information content (AvgIpc) is 1.58. The van der Waals surface area contributed by atoms with Gasteiger partial charge in [0, 0.05) is 0 Å². The van der Waals surface area contributed by atoms with Crippen molar-refractivity contribution < 1.29 is 32.7 Å². The second kappa shape index (κ2) is 4.45. The first-order valence-electron chi connectivity index (χ1n) is 2.69. The predicted octanol–water partition coefficient (Wildman–Crippen LogP) is -0.00190. The predicted molar refractivity (Wildman–Crippen MR) is 29.9 cm³/mol. The van der Waals surface area contributed by atoms with E-state index in [0.29, 0.717) is 0 Å². The molecule has 0 atom stereocenters. The second-order valence-electron chi connectivity index (χ2n) is 1.92. The summed E-state index contributed by atoms with van der Waals surface area (Å²) in [7, 11) is 0. The third-order valence-corrected chi connectivity index (χ3v) is 1.06. The third-order valence-electron chi connectivity index (χ3n) is 0.774. The summed E-state index contributed by atoms with van der Waals surface area (Å²) in [5, 5.41) is 0.